The van der Waals surface area contributed by atoms with Crippen molar-refractivity contribution < 1.29 is 14.6 Å². The molecule has 3 aromatic rings. The Labute approximate surface area is 140 Å². The first-order valence-electron chi connectivity index (χ1n) is 7.59. The Bertz CT molecular complexity index is 852. The van der Waals surface area contributed by atoms with Crippen molar-refractivity contribution in [1.82, 2.24) is 9.78 Å². The van der Waals surface area contributed by atoms with Crippen LogP contribution in [-0.4, -0.2) is 28.0 Å². The van der Waals surface area contributed by atoms with Gasteiger partial charge in [0.25, 0.3) is 0 Å². The van der Waals surface area contributed by atoms with E-state index >= 15 is 0 Å². The monoisotopic (exact) mass is 322 g/mol. The van der Waals surface area contributed by atoms with Crippen molar-refractivity contribution >= 4 is 5.97 Å². The third-order valence-corrected chi connectivity index (χ3v) is 3.88. The predicted octanol–water partition coefficient (Wildman–Crippen LogP) is 3.61. The largest absolute Gasteiger partial charge is 0.497 e. The second-order valence-corrected chi connectivity index (χ2v) is 5.49. The minimum Gasteiger partial charge on any atom is -0.497 e. The molecular formula is C19H18N2O3. The average Bonchev–Trinajstić information content (AvgIpc) is 2.92. The lowest BCUT2D eigenvalue weighted by Crippen LogP contribution is -2.06. The molecule has 0 spiro atoms. The highest BCUT2D eigenvalue weighted by Crippen LogP contribution is 2.28. The first-order chi connectivity index (χ1) is 11.6. The maximum atomic E-state index is 11.7. The number of ether oxygens (including phenoxy) is 1. The predicted molar refractivity (Wildman–Crippen MR) is 91.5 cm³/mol. The van der Waals surface area contributed by atoms with Crippen LogP contribution in [0.25, 0.3) is 11.3 Å². The number of aromatic nitrogens is 2. The first-order valence-corrected chi connectivity index (χ1v) is 7.59. The minimum absolute atomic E-state index is 0.232. The number of hydrogen-bond acceptors (Lipinski definition) is 3. The smallest absolute Gasteiger partial charge is 0.339 e. The van der Waals surface area contributed by atoms with Gasteiger partial charge in [0.1, 0.15) is 11.3 Å². The fourth-order valence-corrected chi connectivity index (χ4v) is 2.75. The van der Waals surface area contributed by atoms with Crippen LogP contribution in [0.5, 0.6) is 5.75 Å². The SMILES string of the molecule is COc1ccc(-c2c(C(=O)O)c(C)nn2Cc2ccccc2)cc1. The molecule has 3 rings (SSSR count). The first kappa shape index (κ1) is 15.8. The summed E-state index contributed by atoms with van der Waals surface area (Å²) >= 11 is 0. The van der Waals surface area contributed by atoms with Gasteiger partial charge in [0.05, 0.1) is 25.0 Å². The Morgan fingerprint density at radius 1 is 1.12 bits per heavy atom. The van der Waals surface area contributed by atoms with Crippen LogP contribution >= 0.6 is 0 Å². The van der Waals surface area contributed by atoms with Crippen molar-refractivity contribution in [3.8, 4) is 17.0 Å². The number of aryl methyl sites for hydroxylation is 1. The van der Waals surface area contributed by atoms with E-state index in [0.717, 1.165) is 16.9 Å². The molecular weight excluding hydrogens is 304 g/mol. The lowest BCUT2D eigenvalue weighted by atomic mass is 10.1. The number of aromatic carboxylic acids is 1. The Kier molecular flexibility index (Phi) is 4.33. The number of carboxylic acid groups (broad SMARTS) is 1. The summed E-state index contributed by atoms with van der Waals surface area (Å²) in [5, 5.41) is 14.1. The van der Waals surface area contributed by atoms with Crippen LogP contribution in [0.15, 0.2) is 54.6 Å². The molecule has 1 heterocycles. The molecule has 0 aliphatic heterocycles. The molecule has 0 amide bonds. The number of carboxylic acids is 1. The molecule has 0 radical (unpaired) electrons. The third-order valence-electron chi connectivity index (χ3n) is 3.88. The summed E-state index contributed by atoms with van der Waals surface area (Å²) < 4.78 is 6.92. The molecule has 0 atom stereocenters. The zero-order chi connectivity index (χ0) is 17.1. The molecule has 5 heteroatoms. The standard InChI is InChI=1S/C19H18N2O3/c1-13-17(19(22)23)18(15-8-10-16(24-2)11-9-15)21(20-13)12-14-6-4-3-5-7-14/h3-11H,12H2,1-2H3,(H,22,23). The van der Waals surface area contributed by atoms with Crippen molar-refractivity contribution in [3.63, 3.8) is 0 Å². The van der Waals surface area contributed by atoms with Gasteiger partial charge >= 0.3 is 5.97 Å². The molecule has 0 saturated heterocycles. The number of nitrogens with zero attached hydrogens (tertiary/aromatic N) is 2. The molecule has 0 bridgehead atoms. The summed E-state index contributed by atoms with van der Waals surface area (Å²) in [6.45, 7) is 2.23. The van der Waals surface area contributed by atoms with E-state index in [1.165, 1.54) is 0 Å². The molecule has 0 aliphatic carbocycles. The van der Waals surface area contributed by atoms with Crippen molar-refractivity contribution in [2.24, 2.45) is 0 Å². The Morgan fingerprint density at radius 2 is 1.79 bits per heavy atom. The van der Waals surface area contributed by atoms with Crippen molar-refractivity contribution in [1.29, 1.82) is 0 Å². The number of hydrogen-bond donors (Lipinski definition) is 1. The maximum absolute atomic E-state index is 11.7. The molecule has 1 N–H and O–H groups in total. The van der Waals surface area contributed by atoms with Crippen molar-refractivity contribution in [2.75, 3.05) is 7.11 Å². The second-order valence-electron chi connectivity index (χ2n) is 5.49. The van der Waals surface area contributed by atoms with E-state index in [2.05, 4.69) is 5.10 Å². The van der Waals surface area contributed by atoms with Gasteiger partial charge < -0.3 is 9.84 Å². The van der Waals surface area contributed by atoms with E-state index in [9.17, 15) is 9.90 Å². The lowest BCUT2D eigenvalue weighted by Gasteiger charge is -2.10. The summed E-state index contributed by atoms with van der Waals surface area (Å²) in [4.78, 5) is 11.7. The van der Waals surface area contributed by atoms with Gasteiger partial charge in [-0.15, -0.1) is 0 Å². The molecule has 1 aromatic heterocycles. The molecule has 0 aliphatic rings. The summed E-state index contributed by atoms with van der Waals surface area (Å²) in [7, 11) is 1.60. The van der Waals surface area contributed by atoms with Gasteiger partial charge in [-0.3, -0.25) is 4.68 Å². The zero-order valence-corrected chi connectivity index (χ0v) is 13.6. The highest BCUT2D eigenvalue weighted by molar-refractivity contribution is 5.96. The van der Waals surface area contributed by atoms with Crippen LogP contribution in [0.3, 0.4) is 0 Å². The van der Waals surface area contributed by atoms with Crippen LogP contribution in [0.4, 0.5) is 0 Å². The van der Waals surface area contributed by atoms with Gasteiger partial charge in [0, 0.05) is 5.56 Å². The van der Waals surface area contributed by atoms with Crippen molar-refractivity contribution in [2.45, 2.75) is 13.5 Å². The van der Waals surface area contributed by atoms with E-state index in [1.54, 1.807) is 18.7 Å². The minimum atomic E-state index is -0.974. The van der Waals surface area contributed by atoms with Gasteiger partial charge in [0.15, 0.2) is 0 Å². The summed E-state index contributed by atoms with van der Waals surface area (Å²) in [5.74, 6) is -0.251. The summed E-state index contributed by atoms with van der Waals surface area (Å²) in [6, 6.07) is 17.2. The molecule has 24 heavy (non-hydrogen) atoms. The third kappa shape index (κ3) is 3.01. The van der Waals surface area contributed by atoms with E-state index in [0.29, 0.717) is 17.9 Å². The molecule has 122 valence electrons. The van der Waals surface area contributed by atoms with E-state index in [4.69, 9.17) is 4.74 Å². The molecule has 0 saturated carbocycles. The number of methoxy groups -OCH3 is 1. The van der Waals surface area contributed by atoms with E-state index in [1.807, 2.05) is 54.6 Å². The maximum Gasteiger partial charge on any atom is 0.339 e. The number of rotatable bonds is 5. The number of benzene rings is 2. The Hall–Kier alpha value is -3.08. The topological polar surface area (TPSA) is 64.3 Å². The average molecular weight is 322 g/mol. The highest BCUT2D eigenvalue weighted by Gasteiger charge is 2.22. The molecule has 2 aromatic carbocycles. The second kappa shape index (κ2) is 6.58. The Balaban J connectivity index is 2.11. The molecule has 0 unspecified atom stereocenters. The fraction of sp³-hybridized carbons (Fsp3) is 0.158. The summed E-state index contributed by atoms with van der Waals surface area (Å²) in [6.07, 6.45) is 0. The summed E-state index contributed by atoms with van der Waals surface area (Å²) in [5.41, 5.74) is 3.20. The van der Waals surface area contributed by atoms with E-state index in [-0.39, 0.29) is 5.56 Å². The fourth-order valence-electron chi connectivity index (χ4n) is 2.75. The van der Waals surface area contributed by atoms with Gasteiger partial charge in [-0.2, -0.15) is 5.10 Å². The van der Waals surface area contributed by atoms with Crippen LogP contribution < -0.4 is 4.74 Å². The van der Waals surface area contributed by atoms with Gasteiger partial charge in [-0.1, -0.05) is 30.3 Å². The molecule has 5 nitrogen and oxygen atoms in total. The quantitative estimate of drug-likeness (QED) is 0.779. The Morgan fingerprint density at radius 3 is 2.38 bits per heavy atom. The van der Waals surface area contributed by atoms with Gasteiger partial charge in [-0.25, -0.2) is 4.79 Å². The van der Waals surface area contributed by atoms with Crippen LogP contribution in [0.1, 0.15) is 21.6 Å². The zero-order valence-electron chi connectivity index (χ0n) is 13.6. The van der Waals surface area contributed by atoms with Crippen LogP contribution in [0, 0.1) is 6.92 Å². The normalized spacial score (nSPS) is 10.6. The molecule has 0 fully saturated rings. The van der Waals surface area contributed by atoms with Crippen LogP contribution in [-0.2, 0) is 6.54 Å². The van der Waals surface area contributed by atoms with Gasteiger partial charge in [0.2, 0.25) is 0 Å². The van der Waals surface area contributed by atoms with Crippen LogP contribution in [0.2, 0.25) is 0 Å². The van der Waals surface area contributed by atoms with Crippen molar-refractivity contribution in [3.05, 3.63) is 71.4 Å². The highest BCUT2D eigenvalue weighted by atomic mass is 16.5. The van der Waals surface area contributed by atoms with Gasteiger partial charge in [-0.05, 0) is 36.8 Å². The lowest BCUT2D eigenvalue weighted by molar-refractivity contribution is 0.0697. The van der Waals surface area contributed by atoms with E-state index < -0.39 is 5.97 Å². The number of carbonyl (C=O) groups is 1.